The fraction of sp³-hybridized carbons (Fsp3) is 0.385. The molecule has 2 rings (SSSR count). The molecular weight excluding hydrogens is 266 g/mol. The molecule has 19 heavy (non-hydrogen) atoms. The standard InChI is InChI=1S/C13H16ClN3O2/c1-9(8-18)17(2)7-12-15-13(19-16-12)10-5-3-4-6-11(10)14/h3-6,9,18H,7-8H2,1-2H3. The molecule has 0 saturated heterocycles. The van der Waals surface area contributed by atoms with Gasteiger partial charge in [-0.25, -0.2) is 0 Å². The molecular formula is C13H16ClN3O2. The summed E-state index contributed by atoms with van der Waals surface area (Å²) in [5.74, 6) is 0.975. The number of halogens is 1. The molecule has 1 N–H and O–H groups in total. The monoisotopic (exact) mass is 281 g/mol. The zero-order valence-corrected chi connectivity index (χ0v) is 11.6. The molecule has 1 aromatic heterocycles. The first-order valence-corrected chi connectivity index (χ1v) is 6.38. The predicted octanol–water partition coefficient (Wildman–Crippen LogP) is 2.20. The highest BCUT2D eigenvalue weighted by molar-refractivity contribution is 6.33. The normalized spacial score (nSPS) is 12.9. The Hall–Kier alpha value is -1.43. The molecule has 0 amide bonds. The molecule has 5 nitrogen and oxygen atoms in total. The van der Waals surface area contributed by atoms with Crippen LogP contribution in [-0.2, 0) is 6.54 Å². The number of aromatic nitrogens is 2. The number of benzene rings is 1. The number of aliphatic hydroxyl groups excluding tert-OH is 1. The van der Waals surface area contributed by atoms with Crippen molar-refractivity contribution in [2.75, 3.05) is 13.7 Å². The van der Waals surface area contributed by atoms with Crippen molar-refractivity contribution in [1.29, 1.82) is 0 Å². The van der Waals surface area contributed by atoms with Crippen molar-refractivity contribution in [3.8, 4) is 11.5 Å². The minimum absolute atomic E-state index is 0.0438. The van der Waals surface area contributed by atoms with Gasteiger partial charge in [0, 0.05) is 6.04 Å². The zero-order chi connectivity index (χ0) is 13.8. The van der Waals surface area contributed by atoms with Gasteiger partial charge in [-0.1, -0.05) is 28.9 Å². The Morgan fingerprint density at radius 1 is 1.42 bits per heavy atom. The van der Waals surface area contributed by atoms with Gasteiger partial charge in [0.05, 0.1) is 23.7 Å². The Morgan fingerprint density at radius 3 is 2.84 bits per heavy atom. The van der Waals surface area contributed by atoms with Crippen molar-refractivity contribution >= 4 is 11.6 Å². The third-order valence-corrected chi connectivity index (χ3v) is 3.31. The van der Waals surface area contributed by atoms with Crippen LogP contribution in [0.15, 0.2) is 28.8 Å². The Morgan fingerprint density at radius 2 is 2.16 bits per heavy atom. The van der Waals surface area contributed by atoms with Crippen molar-refractivity contribution in [2.45, 2.75) is 19.5 Å². The van der Waals surface area contributed by atoms with Crippen LogP contribution >= 0.6 is 11.6 Å². The predicted molar refractivity (Wildman–Crippen MR) is 72.8 cm³/mol. The van der Waals surface area contributed by atoms with E-state index in [1.54, 1.807) is 6.07 Å². The smallest absolute Gasteiger partial charge is 0.259 e. The van der Waals surface area contributed by atoms with E-state index in [0.29, 0.717) is 23.3 Å². The molecule has 2 aromatic rings. The van der Waals surface area contributed by atoms with Gasteiger partial charge in [0.1, 0.15) is 0 Å². The second-order valence-corrected chi connectivity index (χ2v) is 4.85. The average molecular weight is 282 g/mol. The largest absolute Gasteiger partial charge is 0.395 e. The van der Waals surface area contributed by atoms with Gasteiger partial charge in [0.2, 0.25) is 0 Å². The molecule has 0 radical (unpaired) electrons. The summed E-state index contributed by atoms with van der Waals surface area (Å²) >= 11 is 6.08. The van der Waals surface area contributed by atoms with Gasteiger partial charge in [-0.2, -0.15) is 4.98 Å². The Balaban J connectivity index is 2.14. The maximum atomic E-state index is 9.08. The topological polar surface area (TPSA) is 62.4 Å². The molecule has 0 bridgehead atoms. The summed E-state index contributed by atoms with van der Waals surface area (Å²) in [5, 5.41) is 13.6. The van der Waals surface area contributed by atoms with E-state index in [1.807, 2.05) is 37.1 Å². The highest BCUT2D eigenvalue weighted by Crippen LogP contribution is 2.25. The number of rotatable bonds is 5. The molecule has 1 unspecified atom stereocenters. The van der Waals surface area contributed by atoms with Crippen molar-refractivity contribution in [1.82, 2.24) is 15.0 Å². The number of hydrogen-bond acceptors (Lipinski definition) is 5. The quantitative estimate of drug-likeness (QED) is 0.910. The maximum Gasteiger partial charge on any atom is 0.259 e. The molecule has 0 saturated carbocycles. The molecule has 0 aliphatic heterocycles. The van der Waals surface area contributed by atoms with Gasteiger partial charge in [-0.15, -0.1) is 0 Å². The van der Waals surface area contributed by atoms with Crippen LogP contribution < -0.4 is 0 Å². The van der Waals surface area contributed by atoms with Crippen molar-refractivity contribution in [3.05, 3.63) is 35.1 Å². The third kappa shape index (κ3) is 3.32. The van der Waals surface area contributed by atoms with Crippen LogP contribution in [0.3, 0.4) is 0 Å². The summed E-state index contributed by atoms with van der Waals surface area (Å²) in [6, 6.07) is 7.37. The lowest BCUT2D eigenvalue weighted by molar-refractivity contribution is 0.150. The number of hydrogen-bond donors (Lipinski definition) is 1. The summed E-state index contributed by atoms with van der Waals surface area (Å²) in [5.41, 5.74) is 0.723. The molecule has 6 heteroatoms. The van der Waals surface area contributed by atoms with E-state index in [4.69, 9.17) is 21.2 Å². The molecule has 1 atom stereocenters. The first kappa shape index (κ1) is 14.0. The molecule has 0 aliphatic carbocycles. The number of likely N-dealkylation sites (N-methyl/N-ethyl adjacent to an activating group) is 1. The van der Waals surface area contributed by atoms with Crippen LogP contribution in [0.25, 0.3) is 11.5 Å². The Kier molecular flexibility index (Phi) is 4.52. The average Bonchev–Trinajstić information content (AvgIpc) is 2.86. The lowest BCUT2D eigenvalue weighted by atomic mass is 10.2. The minimum Gasteiger partial charge on any atom is -0.395 e. The fourth-order valence-corrected chi connectivity index (χ4v) is 1.80. The molecule has 0 aliphatic rings. The van der Waals surface area contributed by atoms with E-state index in [9.17, 15) is 0 Å². The van der Waals surface area contributed by atoms with E-state index in [-0.39, 0.29) is 12.6 Å². The molecule has 1 heterocycles. The number of nitrogens with zero attached hydrogens (tertiary/aromatic N) is 3. The Labute approximate surface area is 116 Å². The van der Waals surface area contributed by atoms with E-state index in [1.165, 1.54) is 0 Å². The summed E-state index contributed by atoms with van der Waals surface area (Å²) < 4.78 is 5.21. The second-order valence-electron chi connectivity index (χ2n) is 4.44. The van der Waals surface area contributed by atoms with Gasteiger partial charge in [-0.05, 0) is 26.1 Å². The highest BCUT2D eigenvalue weighted by atomic mass is 35.5. The lowest BCUT2D eigenvalue weighted by Crippen LogP contribution is -2.31. The molecule has 0 spiro atoms. The summed E-state index contributed by atoms with van der Waals surface area (Å²) in [4.78, 5) is 6.26. The van der Waals surface area contributed by atoms with Crippen molar-refractivity contribution in [3.63, 3.8) is 0 Å². The molecule has 0 fully saturated rings. The van der Waals surface area contributed by atoms with Crippen LogP contribution in [-0.4, -0.2) is 39.8 Å². The first-order valence-electron chi connectivity index (χ1n) is 6.00. The van der Waals surface area contributed by atoms with Gasteiger partial charge < -0.3 is 9.63 Å². The summed E-state index contributed by atoms with van der Waals surface area (Å²) in [6.07, 6.45) is 0. The SMILES string of the molecule is CC(CO)N(C)Cc1noc(-c2ccccc2Cl)n1. The van der Waals surface area contributed by atoms with Crippen molar-refractivity contribution in [2.24, 2.45) is 0 Å². The minimum atomic E-state index is 0.0438. The van der Waals surface area contributed by atoms with Crippen LogP contribution in [0.5, 0.6) is 0 Å². The van der Waals surface area contributed by atoms with Crippen LogP contribution in [0.4, 0.5) is 0 Å². The first-order chi connectivity index (χ1) is 9.11. The van der Waals surface area contributed by atoms with E-state index in [2.05, 4.69) is 10.1 Å². The van der Waals surface area contributed by atoms with Gasteiger partial charge >= 0.3 is 0 Å². The zero-order valence-electron chi connectivity index (χ0n) is 10.9. The van der Waals surface area contributed by atoms with Gasteiger partial charge in [0.25, 0.3) is 5.89 Å². The van der Waals surface area contributed by atoms with E-state index in [0.717, 1.165) is 5.56 Å². The Bertz CT molecular complexity index is 544. The van der Waals surface area contributed by atoms with Crippen molar-refractivity contribution < 1.29 is 9.63 Å². The molecule has 102 valence electrons. The summed E-state index contributed by atoms with van der Waals surface area (Å²) in [6.45, 7) is 2.52. The summed E-state index contributed by atoms with van der Waals surface area (Å²) in [7, 11) is 1.90. The van der Waals surface area contributed by atoms with E-state index < -0.39 is 0 Å². The highest BCUT2D eigenvalue weighted by Gasteiger charge is 2.15. The third-order valence-electron chi connectivity index (χ3n) is 2.98. The van der Waals surface area contributed by atoms with Crippen LogP contribution in [0.2, 0.25) is 5.02 Å². The lowest BCUT2D eigenvalue weighted by Gasteiger charge is -2.20. The van der Waals surface area contributed by atoms with Gasteiger partial charge in [-0.3, -0.25) is 4.90 Å². The van der Waals surface area contributed by atoms with E-state index >= 15 is 0 Å². The molecule has 1 aromatic carbocycles. The van der Waals surface area contributed by atoms with Crippen LogP contribution in [0, 0.1) is 0 Å². The van der Waals surface area contributed by atoms with Crippen LogP contribution in [0.1, 0.15) is 12.7 Å². The van der Waals surface area contributed by atoms with Gasteiger partial charge in [0.15, 0.2) is 5.82 Å². The fourth-order valence-electron chi connectivity index (χ4n) is 1.58. The number of aliphatic hydroxyl groups is 1. The second kappa shape index (κ2) is 6.14. The maximum absolute atomic E-state index is 9.08.